The van der Waals surface area contributed by atoms with Gasteiger partial charge in [-0.1, -0.05) is 12.1 Å². The first-order chi connectivity index (χ1) is 11.1. The molecular formula is C18H19NO4. The quantitative estimate of drug-likeness (QED) is 0.908. The number of carboxylic acids is 1. The van der Waals surface area contributed by atoms with Crippen molar-refractivity contribution < 1.29 is 19.4 Å². The molecule has 5 heteroatoms. The van der Waals surface area contributed by atoms with E-state index in [0.29, 0.717) is 5.75 Å². The van der Waals surface area contributed by atoms with Crippen LogP contribution in [0.5, 0.6) is 11.5 Å². The van der Waals surface area contributed by atoms with Crippen molar-refractivity contribution in [3.05, 3.63) is 58.7 Å². The molecule has 0 amide bonds. The lowest BCUT2D eigenvalue weighted by Gasteiger charge is -2.28. The molecule has 0 spiro atoms. The first-order valence-electron chi connectivity index (χ1n) is 7.45. The summed E-state index contributed by atoms with van der Waals surface area (Å²) in [4.78, 5) is 11.0. The second-order valence-corrected chi connectivity index (χ2v) is 5.47. The van der Waals surface area contributed by atoms with Crippen molar-refractivity contribution in [2.75, 3.05) is 20.8 Å². The fourth-order valence-corrected chi connectivity index (χ4v) is 3.00. The van der Waals surface area contributed by atoms with Gasteiger partial charge in [-0.25, -0.2) is 4.79 Å². The molecule has 0 fully saturated rings. The lowest BCUT2D eigenvalue weighted by Crippen LogP contribution is -2.30. The Morgan fingerprint density at radius 1 is 1.13 bits per heavy atom. The molecule has 0 aliphatic carbocycles. The van der Waals surface area contributed by atoms with Gasteiger partial charge in [0.25, 0.3) is 0 Å². The maximum Gasteiger partial charge on any atom is 0.335 e. The highest BCUT2D eigenvalue weighted by molar-refractivity contribution is 5.87. The molecule has 1 aliphatic heterocycles. The summed E-state index contributed by atoms with van der Waals surface area (Å²) >= 11 is 0. The number of carbonyl (C=O) groups is 1. The van der Waals surface area contributed by atoms with E-state index in [1.54, 1.807) is 26.4 Å². The van der Waals surface area contributed by atoms with Gasteiger partial charge in [-0.15, -0.1) is 0 Å². The second kappa shape index (κ2) is 6.30. The van der Waals surface area contributed by atoms with E-state index in [1.807, 2.05) is 24.3 Å². The van der Waals surface area contributed by atoms with E-state index in [-0.39, 0.29) is 11.6 Å². The zero-order valence-corrected chi connectivity index (χ0v) is 13.1. The molecular weight excluding hydrogens is 294 g/mol. The summed E-state index contributed by atoms with van der Waals surface area (Å²) in [7, 11) is 3.25. The first-order valence-corrected chi connectivity index (χ1v) is 7.45. The molecule has 1 aliphatic rings. The molecule has 5 nitrogen and oxygen atoms in total. The van der Waals surface area contributed by atoms with Gasteiger partial charge >= 0.3 is 5.97 Å². The van der Waals surface area contributed by atoms with Gasteiger partial charge in [-0.2, -0.15) is 0 Å². The summed E-state index contributed by atoms with van der Waals surface area (Å²) in [6, 6.07) is 11.0. The molecule has 1 heterocycles. The third-order valence-corrected chi connectivity index (χ3v) is 4.19. The number of hydrogen-bond donors (Lipinski definition) is 2. The van der Waals surface area contributed by atoms with Crippen molar-refractivity contribution >= 4 is 5.97 Å². The van der Waals surface area contributed by atoms with Crippen molar-refractivity contribution in [2.45, 2.75) is 12.5 Å². The summed E-state index contributed by atoms with van der Waals surface area (Å²) < 4.78 is 10.8. The standard InChI is InChI=1S/C18H19NO4/c1-22-15-9-13-7-8-19-17(14(13)10-16(15)23-2)11-3-5-12(6-4-11)18(20)21/h3-6,9-10,17,19H,7-8H2,1-2H3,(H,20,21). The van der Waals surface area contributed by atoms with Gasteiger partial charge in [0.15, 0.2) is 11.5 Å². The van der Waals surface area contributed by atoms with Crippen LogP contribution in [0, 0.1) is 0 Å². The van der Waals surface area contributed by atoms with Crippen LogP contribution in [0.2, 0.25) is 0 Å². The van der Waals surface area contributed by atoms with E-state index < -0.39 is 5.97 Å². The van der Waals surface area contributed by atoms with Gasteiger partial charge in [0.2, 0.25) is 0 Å². The van der Waals surface area contributed by atoms with Gasteiger partial charge in [0.05, 0.1) is 25.8 Å². The molecule has 2 N–H and O–H groups in total. The van der Waals surface area contributed by atoms with Crippen LogP contribution < -0.4 is 14.8 Å². The van der Waals surface area contributed by atoms with Gasteiger partial charge in [-0.05, 0) is 47.4 Å². The maximum absolute atomic E-state index is 11.0. The van der Waals surface area contributed by atoms with Crippen LogP contribution in [0.4, 0.5) is 0 Å². The lowest BCUT2D eigenvalue weighted by molar-refractivity contribution is 0.0697. The van der Waals surface area contributed by atoms with Crippen LogP contribution >= 0.6 is 0 Å². The summed E-state index contributed by atoms with van der Waals surface area (Å²) in [5.41, 5.74) is 3.67. The average Bonchev–Trinajstić information content (AvgIpc) is 2.60. The number of rotatable bonds is 4. The highest BCUT2D eigenvalue weighted by atomic mass is 16.5. The van der Waals surface area contributed by atoms with Crippen LogP contribution in [-0.4, -0.2) is 31.8 Å². The number of benzene rings is 2. The van der Waals surface area contributed by atoms with Crippen molar-refractivity contribution in [1.82, 2.24) is 5.32 Å². The number of fused-ring (bicyclic) bond motifs is 1. The van der Waals surface area contributed by atoms with E-state index in [0.717, 1.165) is 29.8 Å². The molecule has 0 saturated carbocycles. The number of carboxylic acid groups (broad SMARTS) is 1. The maximum atomic E-state index is 11.0. The van der Waals surface area contributed by atoms with Crippen molar-refractivity contribution in [3.8, 4) is 11.5 Å². The minimum Gasteiger partial charge on any atom is -0.493 e. The Morgan fingerprint density at radius 2 is 1.78 bits per heavy atom. The normalized spacial score (nSPS) is 16.5. The highest BCUT2D eigenvalue weighted by Gasteiger charge is 2.24. The zero-order valence-electron chi connectivity index (χ0n) is 13.1. The molecule has 23 heavy (non-hydrogen) atoms. The number of aromatic carboxylic acids is 1. The Morgan fingerprint density at radius 3 is 2.39 bits per heavy atom. The minimum absolute atomic E-state index is 0.0152. The number of nitrogens with one attached hydrogen (secondary N) is 1. The van der Waals surface area contributed by atoms with E-state index in [1.165, 1.54) is 5.56 Å². The molecule has 0 saturated heterocycles. The summed E-state index contributed by atoms with van der Waals surface area (Å²) in [6.45, 7) is 0.855. The smallest absolute Gasteiger partial charge is 0.335 e. The average molecular weight is 313 g/mol. The molecule has 0 bridgehead atoms. The molecule has 2 aromatic carbocycles. The Bertz CT molecular complexity index is 725. The van der Waals surface area contributed by atoms with E-state index in [9.17, 15) is 4.79 Å². The van der Waals surface area contributed by atoms with Crippen LogP contribution in [0.1, 0.15) is 33.1 Å². The monoisotopic (exact) mass is 313 g/mol. The Balaban J connectivity index is 2.02. The van der Waals surface area contributed by atoms with Crippen LogP contribution in [0.25, 0.3) is 0 Å². The molecule has 2 aromatic rings. The minimum atomic E-state index is -0.917. The second-order valence-electron chi connectivity index (χ2n) is 5.47. The summed E-state index contributed by atoms with van der Waals surface area (Å²) in [5, 5.41) is 12.5. The predicted octanol–water partition coefficient (Wildman–Crippen LogP) is 2.64. The third-order valence-electron chi connectivity index (χ3n) is 4.19. The highest BCUT2D eigenvalue weighted by Crippen LogP contribution is 2.37. The van der Waals surface area contributed by atoms with Crippen LogP contribution in [-0.2, 0) is 6.42 Å². The lowest BCUT2D eigenvalue weighted by atomic mass is 9.89. The Hall–Kier alpha value is -2.53. The largest absolute Gasteiger partial charge is 0.493 e. The zero-order chi connectivity index (χ0) is 16.4. The van der Waals surface area contributed by atoms with Gasteiger partial charge < -0.3 is 19.9 Å². The van der Waals surface area contributed by atoms with E-state index >= 15 is 0 Å². The Labute approximate surface area is 134 Å². The molecule has 3 rings (SSSR count). The summed E-state index contributed by atoms with van der Waals surface area (Å²) in [6.07, 6.45) is 0.916. The van der Waals surface area contributed by atoms with Crippen LogP contribution in [0.3, 0.4) is 0 Å². The van der Waals surface area contributed by atoms with Gasteiger partial charge in [-0.3, -0.25) is 0 Å². The van der Waals surface area contributed by atoms with Crippen molar-refractivity contribution in [3.63, 3.8) is 0 Å². The third kappa shape index (κ3) is 2.87. The van der Waals surface area contributed by atoms with E-state index in [2.05, 4.69) is 5.32 Å². The van der Waals surface area contributed by atoms with Gasteiger partial charge in [0.1, 0.15) is 0 Å². The van der Waals surface area contributed by atoms with Crippen molar-refractivity contribution in [1.29, 1.82) is 0 Å². The van der Waals surface area contributed by atoms with E-state index in [4.69, 9.17) is 14.6 Å². The molecule has 1 atom stereocenters. The molecule has 0 radical (unpaired) electrons. The van der Waals surface area contributed by atoms with Gasteiger partial charge in [0, 0.05) is 6.54 Å². The summed E-state index contributed by atoms with van der Waals surface area (Å²) in [5.74, 6) is 0.509. The molecule has 0 aromatic heterocycles. The molecule has 1 unspecified atom stereocenters. The first kappa shape index (κ1) is 15.4. The predicted molar refractivity (Wildman–Crippen MR) is 86.5 cm³/mol. The molecule has 120 valence electrons. The number of hydrogen-bond acceptors (Lipinski definition) is 4. The number of ether oxygens (including phenoxy) is 2. The van der Waals surface area contributed by atoms with Crippen LogP contribution in [0.15, 0.2) is 36.4 Å². The van der Waals surface area contributed by atoms with Crippen molar-refractivity contribution in [2.24, 2.45) is 0 Å². The number of methoxy groups -OCH3 is 2. The topological polar surface area (TPSA) is 67.8 Å². The SMILES string of the molecule is COc1cc2c(cc1OC)C(c1ccc(C(=O)O)cc1)NCC2. The fraction of sp³-hybridized carbons (Fsp3) is 0.278. The Kier molecular flexibility index (Phi) is 4.21. The fourth-order valence-electron chi connectivity index (χ4n) is 3.00.